The zero-order valence-electron chi connectivity index (χ0n) is 16.4. The third-order valence-corrected chi connectivity index (χ3v) is 8.39. The number of pyridine rings is 1. The number of rotatable bonds is 7. The highest BCUT2D eigenvalue weighted by atomic mass is 32.2. The van der Waals surface area contributed by atoms with Crippen molar-refractivity contribution >= 4 is 47.2 Å². The number of aliphatic carboxylic acids is 1. The second-order valence-electron chi connectivity index (χ2n) is 7.08. The van der Waals surface area contributed by atoms with E-state index >= 15 is 0 Å². The molecule has 1 amide bonds. The highest BCUT2D eigenvalue weighted by Crippen LogP contribution is 2.55. The molecule has 6 nitrogen and oxygen atoms in total. The average Bonchev–Trinajstić information content (AvgIpc) is 3.04. The van der Waals surface area contributed by atoms with Crippen LogP contribution in [0.4, 0.5) is 0 Å². The molecule has 156 valence electrons. The molecule has 1 saturated heterocycles. The number of benzene rings is 1. The van der Waals surface area contributed by atoms with E-state index in [1.54, 1.807) is 18.7 Å². The van der Waals surface area contributed by atoms with Crippen molar-refractivity contribution in [2.24, 2.45) is 5.92 Å². The molecule has 30 heavy (non-hydrogen) atoms. The van der Waals surface area contributed by atoms with Gasteiger partial charge in [-0.1, -0.05) is 35.7 Å². The Bertz CT molecular complexity index is 1010. The summed E-state index contributed by atoms with van der Waals surface area (Å²) in [6.45, 7) is 2.31. The van der Waals surface area contributed by atoms with Gasteiger partial charge in [0, 0.05) is 27.5 Å². The topological polar surface area (TPSA) is 81.7 Å². The molecular weight excluding hydrogens is 440 g/mol. The summed E-state index contributed by atoms with van der Waals surface area (Å²) >= 11 is 4.40. The largest absolute Gasteiger partial charge is 0.477 e. The minimum atomic E-state index is -1.12. The van der Waals surface area contributed by atoms with Crippen molar-refractivity contribution in [1.29, 1.82) is 0 Å². The van der Waals surface area contributed by atoms with Crippen LogP contribution < -0.4 is 4.57 Å². The number of amides is 1. The van der Waals surface area contributed by atoms with E-state index in [4.69, 9.17) is 0 Å². The number of β-lactam (4-membered cyclic amide) rings is 1. The van der Waals surface area contributed by atoms with Gasteiger partial charge in [0.25, 0.3) is 0 Å². The van der Waals surface area contributed by atoms with Crippen LogP contribution >= 0.6 is 35.3 Å². The van der Waals surface area contributed by atoms with Crippen molar-refractivity contribution in [1.82, 2.24) is 4.90 Å². The molecule has 0 aliphatic carbocycles. The number of carbonyl (C=O) groups is 2. The first-order valence-electron chi connectivity index (χ1n) is 9.34. The molecule has 1 fully saturated rings. The van der Waals surface area contributed by atoms with E-state index in [0.29, 0.717) is 4.24 Å². The number of fused-ring (bicyclic) bond motifs is 1. The van der Waals surface area contributed by atoms with Gasteiger partial charge in [-0.25, -0.2) is 9.36 Å². The average molecular weight is 462 g/mol. The van der Waals surface area contributed by atoms with Gasteiger partial charge in [-0.2, -0.15) is 0 Å². The highest BCUT2D eigenvalue weighted by Gasteiger charge is 2.57. The zero-order chi connectivity index (χ0) is 21.4. The molecule has 2 aliphatic heterocycles. The Morgan fingerprint density at radius 2 is 1.87 bits per heavy atom. The first-order chi connectivity index (χ1) is 14.4. The minimum Gasteiger partial charge on any atom is -0.477 e. The van der Waals surface area contributed by atoms with Crippen LogP contribution in [0.15, 0.2) is 68.5 Å². The van der Waals surface area contributed by atoms with Crippen LogP contribution in [0.2, 0.25) is 0 Å². The maximum atomic E-state index is 12.3. The van der Waals surface area contributed by atoms with Gasteiger partial charge in [-0.15, -0.1) is 11.8 Å². The van der Waals surface area contributed by atoms with Crippen LogP contribution in [-0.4, -0.2) is 44.7 Å². The number of aliphatic hydroxyl groups is 1. The fraction of sp³-hybridized carbons (Fsp3) is 0.286. The number of carbonyl (C=O) groups excluding carboxylic acids is 1. The second kappa shape index (κ2) is 8.66. The Kier molecular flexibility index (Phi) is 6.15. The molecule has 2 aromatic rings. The third-order valence-electron chi connectivity index (χ3n) is 5.06. The van der Waals surface area contributed by atoms with Crippen molar-refractivity contribution in [3.8, 4) is 0 Å². The molecule has 4 rings (SSSR count). The maximum Gasteiger partial charge on any atom is 0.354 e. The van der Waals surface area contributed by atoms with Gasteiger partial charge in [0.1, 0.15) is 5.37 Å². The molecule has 0 bridgehead atoms. The second-order valence-corrected chi connectivity index (χ2v) is 10.4. The van der Waals surface area contributed by atoms with Crippen LogP contribution in [0.5, 0.6) is 0 Å². The molecule has 9 heteroatoms. The Hall–Kier alpha value is -1.94. The summed E-state index contributed by atoms with van der Waals surface area (Å²) in [5.41, 5.74) is 1.16. The van der Waals surface area contributed by atoms with Crippen LogP contribution in [0.3, 0.4) is 0 Å². The van der Waals surface area contributed by atoms with Gasteiger partial charge in [-0.3, -0.25) is 9.69 Å². The summed E-state index contributed by atoms with van der Waals surface area (Å²) in [5, 5.41) is 19.1. The summed E-state index contributed by atoms with van der Waals surface area (Å²) in [7, 11) is 0. The van der Waals surface area contributed by atoms with Gasteiger partial charge in [0.2, 0.25) is 5.91 Å². The lowest BCUT2D eigenvalue weighted by Crippen LogP contribution is -2.60. The molecule has 0 spiro atoms. The minimum absolute atomic E-state index is 0.0189. The molecule has 0 saturated carbocycles. The Balaban J connectivity index is 1.47. The lowest BCUT2D eigenvalue weighted by atomic mass is 9.92. The molecule has 2 aliphatic rings. The normalized spacial score (nSPS) is 21.4. The molecule has 3 atom stereocenters. The van der Waals surface area contributed by atoms with E-state index in [1.165, 1.54) is 33.3 Å². The summed E-state index contributed by atoms with van der Waals surface area (Å²) in [5.74, 6) is -2.00. The zero-order valence-corrected chi connectivity index (χ0v) is 18.8. The summed E-state index contributed by atoms with van der Waals surface area (Å²) in [6, 6.07) is 12.1. The first-order valence-corrected chi connectivity index (χ1v) is 12.3. The molecule has 1 aromatic heterocycles. The van der Waals surface area contributed by atoms with E-state index in [2.05, 4.69) is 16.7 Å². The molecule has 0 radical (unpaired) electrons. The number of carboxylic acids is 1. The molecule has 2 N–H and O–H groups in total. The lowest BCUT2D eigenvalue weighted by Gasteiger charge is -2.43. The van der Waals surface area contributed by atoms with Crippen LogP contribution in [0.1, 0.15) is 12.5 Å². The Morgan fingerprint density at radius 3 is 2.43 bits per heavy atom. The van der Waals surface area contributed by atoms with E-state index in [9.17, 15) is 19.8 Å². The third kappa shape index (κ3) is 3.99. The van der Waals surface area contributed by atoms with Crippen molar-refractivity contribution in [2.45, 2.75) is 34.7 Å². The van der Waals surface area contributed by atoms with Gasteiger partial charge in [0.05, 0.1) is 16.3 Å². The SMILES string of the molecule is CSc1cc[n+](Cc2ccc(SC3=C(C(=O)O)N4C(=O)[C@H]([C@@H](C)O)[C@H]4S3)cc2)cc1. The van der Waals surface area contributed by atoms with Gasteiger partial charge < -0.3 is 10.2 Å². The number of hydrogen-bond acceptors (Lipinski definition) is 6. The highest BCUT2D eigenvalue weighted by molar-refractivity contribution is 8.22. The molecule has 0 unspecified atom stereocenters. The number of hydrogen-bond donors (Lipinski definition) is 2. The van der Waals surface area contributed by atoms with E-state index in [1.807, 2.05) is 42.9 Å². The number of aliphatic hydroxyl groups excluding tert-OH is 1. The van der Waals surface area contributed by atoms with Gasteiger partial charge >= 0.3 is 5.97 Å². The van der Waals surface area contributed by atoms with Gasteiger partial charge in [-0.05, 0) is 25.3 Å². The summed E-state index contributed by atoms with van der Waals surface area (Å²) in [6.07, 6.45) is 5.35. The smallest absolute Gasteiger partial charge is 0.354 e. The Labute approximate surface area is 187 Å². The fourth-order valence-electron chi connectivity index (χ4n) is 3.49. The summed E-state index contributed by atoms with van der Waals surface area (Å²) < 4.78 is 2.69. The molecule has 1 aromatic carbocycles. The van der Waals surface area contributed by atoms with Crippen molar-refractivity contribution in [3.63, 3.8) is 0 Å². The monoisotopic (exact) mass is 461 g/mol. The predicted molar refractivity (Wildman–Crippen MR) is 118 cm³/mol. The molecular formula is C21H21N2O4S3+. The lowest BCUT2D eigenvalue weighted by molar-refractivity contribution is -0.688. The number of carboxylic acid groups (broad SMARTS) is 1. The number of nitrogens with zero attached hydrogens (tertiary/aromatic N) is 2. The van der Waals surface area contributed by atoms with E-state index in [-0.39, 0.29) is 17.0 Å². The van der Waals surface area contributed by atoms with Crippen LogP contribution in [0, 0.1) is 5.92 Å². The fourth-order valence-corrected chi connectivity index (χ4v) is 6.75. The van der Waals surface area contributed by atoms with Crippen LogP contribution in [-0.2, 0) is 16.1 Å². The Morgan fingerprint density at radius 1 is 1.20 bits per heavy atom. The first kappa shape index (κ1) is 21.3. The molecule has 3 heterocycles. The maximum absolute atomic E-state index is 12.3. The van der Waals surface area contributed by atoms with Crippen molar-refractivity contribution < 1.29 is 24.4 Å². The van der Waals surface area contributed by atoms with Crippen molar-refractivity contribution in [3.05, 3.63) is 64.3 Å². The van der Waals surface area contributed by atoms with Crippen LogP contribution in [0.25, 0.3) is 0 Å². The number of aromatic nitrogens is 1. The van der Waals surface area contributed by atoms with E-state index < -0.39 is 18.0 Å². The summed E-state index contributed by atoms with van der Waals surface area (Å²) in [4.78, 5) is 27.5. The number of thioether (sulfide) groups is 3. The van der Waals surface area contributed by atoms with Crippen molar-refractivity contribution in [2.75, 3.05) is 6.26 Å². The predicted octanol–water partition coefficient (Wildman–Crippen LogP) is 3.00. The standard InChI is InChI=1S/C21H20N2O4S3/c1-12(24)16-18(25)23-17(20(26)27)21(30-19(16)23)29-15-5-3-13(4-6-15)11-22-9-7-14(28-2)8-10-22/h3-10,12,16,19,24H,11H2,1-2H3/p+1/t12-,16+,19-/m1/s1. The quantitative estimate of drug-likeness (QED) is 0.373. The van der Waals surface area contributed by atoms with E-state index in [0.717, 1.165) is 17.0 Å². The van der Waals surface area contributed by atoms with Gasteiger partial charge in [0.15, 0.2) is 24.6 Å².